The van der Waals surface area contributed by atoms with E-state index in [0.29, 0.717) is 0 Å². The summed E-state index contributed by atoms with van der Waals surface area (Å²) >= 11 is 0. The maximum atomic E-state index is 2.53. The number of unbranched alkanes of at least 4 members (excludes halogenated alkanes) is 5. The van der Waals surface area contributed by atoms with Gasteiger partial charge < -0.3 is 0 Å². The Morgan fingerprint density at radius 3 is 2.45 bits per heavy atom. The molecule has 0 aromatic carbocycles. The highest BCUT2D eigenvalue weighted by Crippen LogP contribution is 2.33. The zero-order chi connectivity index (χ0) is 7.94. The van der Waals surface area contributed by atoms with Crippen LogP contribution in [0.2, 0.25) is 0 Å². The Labute approximate surface area is 71.4 Å². The van der Waals surface area contributed by atoms with Gasteiger partial charge in [-0.05, 0) is 31.6 Å². The van der Waals surface area contributed by atoms with E-state index in [4.69, 9.17) is 0 Å². The first kappa shape index (κ1) is 9.09. The Morgan fingerprint density at radius 2 is 1.82 bits per heavy atom. The van der Waals surface area contributed by atoms with E-state index in [1.54, 1.807) is 0 Å². The van der Waals surface area contributed by atoms with Crippen LogP contribution in [0, 0.1) is 12.3 Å². The topological polar surface area (TPSA) is 0 Å². The van der Waals surface area contributed by atoms with Gasteiger partial charge in [-0.15, -0.1) is 0 Å². The van der Waals surface area contributed by atoms with Crippen molar-refractivity contribution in [3.05, 3.63) is 6.42 Å². The van der Waals surface area contributed by atoms with Gasteiger partial charge in [0.2, 0.25) is 0 Å². The van der Waals surface area contributed by atoms with E-state index in [1.165, 1.54) is 51.4 Å². The molecule has 65 valence electrons. The molecule has 0 aromatic rings. The van der Waals surface area contributed by atoms with Crippen molar-refractivity contribution in [1.29, 1.82) is 0 Å². The van der Waals surface area contributed by atoms with Crippen molar-refractivity contribution in [3.63, 3.8) is 0 Å². The molecular weight excluding hydrogens is 132 g/mol. The molecule has 0 heteroatoms. The Morgan fingerprint density at radius 1 is 1.09 bits per heavy atom. The van der Waals surface area contributed by atoms with Crippen molar-refractivity contribution in [2.24, 2.45) is 5.92 Å². The van der Waals surface area contributed by atoms with E-state index >= 15 is 0 Å². The molecule has 1 aliphatic rings. The quantitative estimate of drug-likeness (QED) is 0.486. The molecule has 1 fully saturated rings. The van der Waals surface area contributed by atoms with Crippen LogP contribution in [0.15, 0.2) is 0 Å². The normalized spacial score (nSPS) is 17.2. The minimum Gasteiger partial charge on any atom is -0.0654 e. The van der Waals surface area contributed by atoms with Gasteiger partial charge in [-0.3, -0.25) is 0 Å². The molecule has 0 amide bonds. The Kier molecular flexibility index (Phi) is 4.65. The van der Waals surface area contributed by atoms with Gasteiger partial charge in [0.05, 0.1) is 0 Å². The average molecular weight is 153 g/mol. The van der Waals surface area contributed by atoms with Crippen molar-refractivity contribution in [2.75, 3.05) is 0 Å². The summed E-state index contributed by atoms with van der Waals surface area (Å²) in [5, 5.41) is 0. The minimum atomic E-state index is 1.03. The molecular formula is C11H21. The molecule has 0 unspecified atom stereocenters. The van der Waals surface area contributed by atoms with Gasteiger partial charge in [-0.1, -0.05) is 39.0 Å². The summed E-state index contributed by atoms with van der Waals surface area (Å²) < 4.78 is 0. The van der Waals surface area contributed by atoms with Crippen LogP contribution in [0.1, 0.15) is 58.3 Å². The lowest BCUT2D eigenvalue weighted by Gasteiger charge is -1.98. The molecule has 1 rings (SSSR count). The minimum absolute atomic E-state index is 1.03. The van der Waals surface area contributed by atoms with E-state index in [-0.39, 0.29) is 0 Å². The highest BCUT2D eigenvalue weighted by atomic mass is 14.2. The van der Waals surface area contributed by atoms with Crippen LogP contribution in [-0.2, 0) is 0 Å². The Hall–Kier alpha value is 0. The Balaban J connectivity index is 1.66. The predicted molar refractivity (Wildman–Crippen MR) is 50.4 cm³/mol. The summed E-state index contributed by atoms with van der Waals surface area (Å²) in [6.07, 6.45) is 14.0. The van der Waals surface area contributed by atoms with Gasteiger partial charge in [-0.2, -0.15) is 0 Å². The lowest BCUT2D eigenvalue weighted by Crippen LogP contribution is -1.81. The van der Waals surface area contributed by atoms with Gasteiger partial charge in [0.25, 0.3) is 0 Å². The van der Waals surface area contributed by atoms with Gasteiger partial charge >= 0.3 is 0 Å². The molecule has 0 aliphatic heterocycles. The number of hydrogen-bond acceptors (Lipinski definition) is 0. The van der Waals surface area contributed by atoms with Crippen molar-refractivity contribution in [1.82, 2.24) is 0 Å². The molecule has 0 bridgehead atoms. The fourth-order valence-electron chi connectivity index (χ4n) is 1.43. The standard InChI is InChI=1S/C11H21/c1-2-3-4-5-6-7-8-11-9-10-11/h8,11H,2-7,9-10H2,1H3. The van der Waals surface area contributed by atoms with E-state index in [1.807, 2.05) is 0 Å². The molecule has 0 nitrogen and oxygen atoms in total. The van der Waals surface area contributed by atoms with Crippen LogP contribution in [0.4, 0.5) is 0 Å². The van der Waals surface area contributed by atoms with E-state index in [2.05, 4.69) is 13.3 Å². The van der Waals surface area contributed by atoms with Gasteiger partial charge in [0.15, 0.2) is 0 Å². The second-order valence-corrected chi connectivity index (χ2v) is 3.78. The molecule has 1 radical (unpaired) electrons. The number of rotatable bonds is 7. The summed E-state index contributed by atoms with van der Waals surface area (Å²) in [5.41, 5.74) is 0. The average Bonchev–Trinajstić information content (AvgIpc) is 2.80. The van der Waals surface area contributed by atoms with Crippen LogP contribution in [0.25, 0.3) is 0 Å². The van der Waals surface area contributed by atoms with Crippen LogP contribution in [0.5, 0.6) is 0 Å². The second kappa shape index (κ2) is 5.62. The van der Waals surface area contributed by atoms with Crippen molar-refractivity contribution in [2.45, 2.75) is 58.3 Å². The molecule has 0 aromatic heterocycles. The molecule has 0 N–H and O–H groups in total. The van der Waals surface area contributed by atoms with Crippen LogP contribution in [0.3, 0.4) is 0 Å². The summed E-state index contributed by atoms with van der Waals surface area (Å²) in [6, 6.07) is 0. The summed E-state index contributed by atoms with van der Waals surface area (Å²) in [7, 11) is 0. The molecule has 0 heterocycles. The maximum Gasteiger partial charge on any atom is -0.0355 e. The van der Waals surface area contributed by atoms with E-state index < -0.39 is 0 Å². The van der Waals surface area contributed by atoms with Crippen molar-refractivity contribution in [3.8, 4) is 0 Å². The maximum absolute atomic E-state index is 2.53. The van der Waals surface area contributed by atoms with Gasteiger partial charge in [0.1, 0.15) is 0 Å². The first-order valence-electron chi connectivity index (χ1n) is 5.27. The molecule has 1 aliphatic carbocycles. The summed E-state index contributed by atoms with van der Waals surface area (Å²) in [6.45, 7) is 2.27. The lowest BCUT2D eigenvalue weighted by molar-refractivity contribution is 0.620. The van der Waals surface area contributed by atoms with Crippen LogP contribution >= 0.6 is 0 Å². The van der Waals surface area contributed by atoms with Crippen LogP contribution < -0.4 is 0 Å². The predicted octanol–water partition coefficient (Wildman–Crippen LogP) is 3.96. The van der Waals surface area contributed by atoms with E-state index in [9.17, 15) is 0 Å². The smallest absolute Gasteiger partial charge is 0.0355 e. The highest BCUT2D eigenvalue weighted by molar-refractivity contribution is 4.86. The monoisotopic (exact) mass is 153 g/mol. The summed E-state index contributed by atoms with van der Waals surface area (Å²) in [5.74, 6) is 1.03. The molecule has 0 saturated heterocycles. The van der Waals surface area contributed by atoms with Crippen molar-refractivity contribution < 1.29 is 0 Å². The molecule has 1 saturated carbocycles. The van der Waals surface area contributed by atoms with Gasteiger partial charge in [-0.25, -0.2) is 0 Å². The molecule has 0 atom stereocenters. The SMILES string of the molecule is CCCCCCC[CH]C1CC1. The third kappa shape index (κ3) is 5.29. The second-order valence-electron chi connectivity index (χ2n) is 3.78. The number of hydrogen-bond donors (Lipinski definition) is 0. The van der Waals surface area contributed by atoms with E-state index in [0.717, 1.165) is 5.92 Å². The highest BCUT2D eigenvalue weighted by Gasteiger charge is 2.19. The fraction of sp³-hybridized carbons (Fsp3) is 0.909. The zero-order valence-electron chi connectivity index (χ0n) is 7.81. The Bertz CT molecular complexity index is 82.0. The largest absolute Gasteiger partial charge is 0.0654 e. The first-order valence-corrected chi connectivity index (χ1v) is 5.27. The fourth-order valence-corrected chi connectivity index (χ4v) is 1.43. The molecule has 11 heavy (non-hydrogen) atoms. The summed E-state index contributed by atoms with van der Waals surface area (Å²) in [4.78, 5) is 0. The van der Waals surface area contributed by atoms with Gasteiger partial charge in [0, 0.05) is 0 Å². The van der Waals surface area contributed by atoms with Crippen LogP contribution in [-0.4, -0.2) is 0 Å². The third-order valence-electron chi connectivity index (χ3n) is 2.43. The lowest BCUT2D eigenvalue weighted by atomic mass is 10.1. The first-order chi connectivity index (χ1) is 5.43. The molecule has 0 spiro atoms. The third-order valence-corrected chi connectivity index (χ3v) is 2.43. The van der Waals surface area contributed by atoms with Crippen molar-refractivity contribution >= 4 is 0 Å². The zero-order valence-corrected chi connectivity index (χ0v) is 7.81.